The van der Waals surface area contributed by atoms with Gasteiger partial charge in [0.15, 0.2) is 5.82 Å². The molecule has 12 nitrogen and oxygen atoms in total. The Hall–Kier alpha value is -4.22. The second kappa shape index (κ2) is 8.88. The van der Waals surface area contributed by atoms with E-state index in [1.54, 1.807) is 13.1 Å². The minimum atomic E-state index is -0.852. The zero-order chi connectivity index (χ0) is 22.7. The smallest absolute Gasteiger partial charge is 0.431 e. The lowest BCUT2D eigenvalue weighted by atomic mass is 10.0. The first-order chi connectivity index (χ1) is 15.4. The van der Waals surface area contributed by atoms with Crippen LogP contribution in [0.3, 0.4) is 0 Å². The zero-order valence-electron chi connectivity index (χ0n) is 17.1. The molecule has 0 bridgehead atoms. The number of hydrogen-bond donors (Lipinski definition) is 2. The van der Waals surface area contributed by atoms with Crippen LogP contribution in [-0.4, -0.2) is 37.2 Å². The molecule has 1 fully saturated rings. The van der Waals surface area contributed by atoms with Crippen molar-refractivity contribution in [3.8, 4) is 5.75 Å². The monoisotopic (exact) mass is 440 g/mol. The molecule has 2 aromatic heterocycles. The van der Waals surface area contributed by atoms with Crippen molar-refractivity contribution in [2.24, 2.45) is 7.05 Å². The van der Waals surface area contributed by atoms with Crippen molar-refractivity contribution in [3.63, 3.8) is 0 Å². The topological polar surface area (TPSA) is 154 Å². The highest BCUT2D eigenvalue weighted by Crippen LogP contribution is 2.36. The lowest BCUT2D eigenvalue weighted by Gasteiger charge is -2.12. The molecule has 1 aromatic carbocycles. The average Bonchev–Trinajstić information content (AvgIpc) is 3.40. The largest absolute Gasteiger partial charge is 0.514 e. The maximum absolute atomic E-state index is 12.0. The van der Waals surface area contributed by atoms with Gasteiger partial charge in [-0.05, 0) is 37.5 Å². The van der Waals surface area contributed by atoms with E-state index in [0.717, 1.165) is 12.1 Å². The first-order valence-electron chi connectivity index (χ1n) is 9.87. The Balaban J connectivity index is 1.29. The molecule has 0 aliphatic heterocycles. The number of nitrogens with zero attached hydrogens (tertiary/aromatic N) is 4. The fourth-order valence-corrected chi connectivity index (χ4v) is 3.53. The molecular formula is C20H20N6O6. The van der Waals surface area contributed by atoms with Gasteiger partial charge in [0, 0.05) is 37.2 Å². The number of nitrogens with one attached hydrogen (secondary N) is 2. The molecule has 0 radical (unpaired) electrons. The van der Waals surface area contributed by atoms with Gasteiger partial charge in [-0.1, -0.05) is 0 Å². The number of anilines is 2. The maximum atomic E-state index is 12.0. The SMILES string of the molecule is Cn1nc(Nc2cc([C@H]3CC[C@@H](OC(=O)Oc4ccc([N+](=O)[O-])cc4)C3)n[nH]2)ccc1=O. The third-order valence-corrected chi connectivity index (χ3v) is 5.14. The number of aromatic amines is 1. The maximum Gasteiger partial charge on any atom is 0.514 e. The highest BCUT2D eigenvalue weighted by molar-refractivity contribution is 5.64. The summed E-state index contributed by atoms with van der Waals surface area (Å²) in [6.07, 6.45) is 0.881. The molecule has 1 aliphatic carbocycles. The van der Waals surface area contributed by atoms with Crippen LogP contribution in [-0.2, 0) is 11.8 Å². The average molecular weight is 440 g/mol. The summed E-state index contributed by atoms with van der Waals surface area (Å²) in [6.45, 7) is 0. The van der Waals surface area contributed by atoms with Crippen LogP contribution in [0.15, 0.2) is 47.3 Å². The van der Waals surface area contributed by atoms with E-state index >= 15 is 0 Å². The molecule has 2 atom stereocenters. The van der Waals surface area contributed by atoms with Crippen LogP contribution >= 0.6 is 0 Å². The molecule has 32 heavy (non-hydrogen) atoms. The summed E-state index contributed by atoms with van der Waals surface area (Å²) in [4.78, 5) is 33.6. The molecule has 166 valence electrons. The lowest BCUT2D eigenvalue weighted by molar-refractivity contribution is -0.384. The molecule has 0 amide bonds. The van der Waals surface area contributed by atoms with E-state index in [2.05, 4.69) is 20.6 Å². The van der Waals surface area contributed by atoms with Crippen LogP contribution in [0.25, 0.3) is 0 Å². The minimum absolute atomic E-state index is 0.0932. The number of H-pyrrole nitrogens is 1. The van der Waals surface area contributed by atoms with Gasteiger partial charge < -0.3 is 14.8 Å². The van der Waals surface area contributed by atoms with Crippen LogP contribution < -0.4 is 15.6 Å². The molecule has 0 spiro atoms. The van der Waals surface area contributed by atoms with Gasteiger partial charge in [-0.15, -0.1) is 0 Å². The fourth-order valence-electron chi connectivity index (χ4n) is 3.53. The third kappa shape index (κ3) is 4.91. The third-order valence-electron chi connectivity index (χ3n) is 5.14. The van der Waals surface area contributed by atoms with E-state index in [4.69, 9.17) is 9.47 Å². The summed E-state index contributed by atoms with van der Waals surface area (Å²) in [6, 6.07) is 10.0. The van der Waals surface area contributed by atoms with E-state index in [1.807, 2.05) is 6.07 Å². The first-order valence-corrected chi connectivity index (χ1v) is 9.87. The number of rotatable bonds is 6. The van der Waals surface area contributed by atoms with Crippen LogP contribution in [0.5, 0.6) is 5.75 Å². The van der Waals surface area contributed by atoms with Crippen molar-refractivity contribution in [2.45, 2.75) is 31.3 Å². The van der Waals surface area contributed by atoms with E-state index in [9.17, 15) is 19.7 Å². The van der Waals surface area contributed by atoms with Gasteiger partial charge in [-0.25, -0.2) is 9.48 Å². The quantitative estimate of drug-likeness (QED) is 0.255. The molecule has 1 saturated carbocycles. The number of aromatic nitrogens is 4. The number of benzene rings is 1. The summed E-state index contributed by atoms with van der Waals surface area (Å²) >= 11 is 0. The van der Waals surface area contributed by atoms with E-state index < -0.39 is 11.1 Å². The Kier molecular flexibility index (Phi) is 5.83. The highest BCUT2D eigenvalue weighted by Gasteiger charge is 2.31. The van der Waals surface area contributed by atoms with Crippen molar-refractivity contribution in [2.75, 3.05) is 5.32 Å². The predicted molar refractivity (Wildman–Crippen MR) is 112 cm³/mol. The van der Waals surface area contributed by atoms with Gasteiger partial charge in [0.1, 0.15) is 17.7 Å². The fraction of sp³-hybridized carbons (Fsp3) is 0.300. The van der Waals surface area contributed by atoms with Gasteiger partial charge in [0.25, 0.3) is 11.2 Å². The number of nitro benzene ring substituents is 1. The number of non-ortho nitro benzene ring substituents is 1. The Morgan fingerprint density at radius 3 is 2.75 bits per heavy atom. The summed E-state index contributed by atoms with van der Waals surface area (Å²) < 4.78 is 11.7. The standard InChI is InChI=1S/C20H20N6O6/c1-25-19(27)9-8-17(24-25)21-18-11-16(22-23-18)12-2-5-15(10-12)32-20(28)31-14-6-3-13(4-7-14)26(29)30/h3-4,6-9,11-12,15H,2,5,10H2,1H3,(H2,21,22,23,24)/t12-,15+/m0/s1. The van der Waals surface area contributed by atoms with Gasteiger partial charge in [0.2, 0.25) is 0 Å². The predicted octanol–water partition coefficient (Wildman–Crippen LogP) is 3.01. The molecule has 2 N–H and O–H groups in total. The number of hydrogen-bond acceptors (Lipinski definition) is 9. The molecule has 0 unspecified atom stereocenters. The van der Waals surface area contributed by atoms with Crippen molar-refractivity contribution < 1.29 is 19.2 Å². The second-order valence-electron chi connectivity index (χ2n) is 7.36. The summed E-state index contributed by atoms with van der Waals surface area (Å²) in [5.74, 6) is 1.41. The van der Waals surface area contributed by atoms with Gasteiger partial charge in [0.05, 0.1) is 10.6 Å². The van der Waals surface area contributed by atoms with Crippen LogP contribution in [0.1, 0.15) is 30.9 Å². The van der Waals surface area contributed by atoms with Gasteiger partial charge in [-0.2, -0.15) is 10.2 Å². The Morgan fingerprint density at radius 1 is 1.25 bits per heavy atom. The second-order valence-corrected chi connectivity index (χ2v) is 7.36. The number of nitro groups is 1. The molecule has 2 heterocycles. The van der Waals surface area contributed by atoms with E-state index in [0.29, 0.717) is 24.5 Å². The number of carbonyl (C=O) groups excluding carboxylic acids is 1. The van der Waals surface area contributed by atoms with Crippen molar-refractivity contribution in [3.05, 3.63) is 68.6 Å². The number of ether oxygens (including phenoxy) is 2. The van der Waals surface area contributed by atoms with Crippen LogP contribution in [0, 0.1) is 10.1 Å². The summed E-state index contributed by atoms with van der Waals surface area (Å²) in [7, 11) is 1.57. The molecule has 4 rings (SSSR count). The molecular weight excluding hydrogens is 420 g/mol. The Labute approximate surface area is 181 Å². The van der Waals surface area contributed by atoms with Crippen molar-refractivity contribution in [1.82, 2.24) is 20.0 Å². The van der Waals surface area contributed by atoms with Gasteiger partial charge >= 0.3 is 6.16 Å². The molecule has 0 saturated heterocycles. The Bertz CT molecular complexity index is 1190. The van der Waals surface area contributed by atoms with Crippen LogP contribution in [0.2, 0.25) is 0 Å². The van der Waals surface area contributed by atoms with E-state index in [-0.39, 0.29) is 29.0 Å². The Morgan fingerprint density at radius 2 is 2.03 bits per heavy atom. The van der Waals surface area contributed by atoms with Crippen LogP contribution in [0.4, 0.5) is 22.1 Å². The molecule has 12 heteroatoms. The molecule has 1 aliphatic rings. The summed E-state index contributed by atoms with van der Waals surface area (Å²) in [5.41, 5.74) is 0.529. The highest BCUT2D eigenvalue weighted by atomic mass is 16.7. The number of aryl methyl sites for hydroxylation is 1. The molecule has 3 aromatic rings. The lowest BCUT2D eigenvalue weighted by Crippen LogP contribution is -2.18. The van der Waals surface area contributed by atoms with Crippen molar-refractivity contribution in [1.29, 1.82) is 0 Å². The summed E-state index contributed by atoms with van der Waals surface area (Å²) in [5, 5.41) is 25.1. The number of carbonyl (C=O) groups is 1. The first kappa shape index (κ1) is 21.0. The van der Waals surface area contributed by atoms with E-state index in [1.165, 1.54) is 35.0 Å². The van der Waals surface area contributed by atoms with Crippen molar-refractivity contribution >= 4 is 23.5 Å². The van der Waals surface area contributed by atoms with Gasteiger partial charge in [-0.3, -0.25) is 20.0 Å². The zero-order valence-corrected chi connectivity index (χ0v) is 17.1. The minimum Gasteiger partial charge on any atom is -0.431 e. The normalized spacial score (nSPS) is 17.7.